The number of rotatable bonds is 3. The van der Waals surface area contributed by atoms with E-state index in [1.807, 2.05) is 30.1 Å². The number of amides is 2. The minimum absolute atomic E-state index is 0.0121. The fourth-order valence-electron chi connectivity index (χ4n) is 3.50. The SMILES string of the molecule is CNC(=O)[C@H]1CN(C(=O)c2cccc(N3CCCC3)c2)CCN1C. The highest BCUT2D eigenvalue weighted by Gasteiger charge is 2.32. The summed E-state index contributed by atoms with van der Waals surface area (Å²) in [4.78, 5) is 31.0. The molecule has 1 atom stereocenters. The van der Waals surface area contributed by atoms with Gasteiger partial charge in [-0.15, -0.1) is 0 Å². The number of hydrogen-bond acceptors (Lipinski definition) is 4. The fourth-order valence-corrected chi connectivity index (χ4v) is 3.50. The zero-order chi connectivity index (χ0) is 17.1. The van der Waals surface area contributed by atoms with E-state index >= 15 is 0 Å². The summed E-state index contributed by atoms with van der Waals surface area (Å²) in [5.74, 6) is -0.0288. The molecule has 0 unspecified atom stereocenters. The van der Waals surface area contributed by atoms with Crippen LogP contribution in [0.2, 0.25) is 0 Å². The van der Waals surface area contributed by atoms with Crippen LogP contribution < -0.4 is 10.2 Å². The molecule has 1 N–H and O–H groups in total. The Morgan fingerprint density at radius 1 is 1.12 bits per heavy atom. The van der Waals surface area contributed by atoms with Crippen molar-refractivity contribution in [2.75, 3.05) is 51.7 Å². The number of nitrogens with one attached hydrogen (secondary N) is 1. The number of benzene rings is 1. The highest BCUT2D eigenvalue weighted by atomic mass is 16.2. The summed E-state index contributed by atoms with van der Waals surface area (Å²) < 4.78 is 0. The molecule has 0 spiro atoms. The molecule has 2 fully saturated rings. The van der Waals surface area contributed by atoms with Crippen molar-refractivity contribution < 1.29 is 9.59 Å². The molecule has 0 aromatic heterocycles. The monoisotopic (exact) mass is 330 g/mol. The molecule has 2 saturated heterocycles. The molecule has 6 heteroatoms. The Hall–Kier alpha value is -2.08. The molecule has 2 aliphatic heterocycles. The Labute approximate surface area is 143 Å². The predicted octanol–water partition coefficient (Wildman–Crippen LogP) is 0.789. The number of carbonyl (C=O) groups excluding carboxylic acids is 2. The van der Waals surface area contributed by atoms with Gasteiger partial charge in [0, 0.05) is 51.0 Å². The fraction of sp³-hybridized carbons (Fsp3) is 0.556. The van der Waals surface area contributed by atoms with Crippen LogP contribution in [0.1, 0.15) is 23.2 Å². The van der Waals surface area contributed by atoms with E-state index in [2.05, 4.69) is 16.3 Å². The van der Waals surface area contributed by atoms with Gasteiger partial charge in [-0.05, 0) is 38.1 Å². The summed E-state index contributed by atoms with van der Waals surface area (Å²) >= 11 is 0. The van der Waals surface area contributed by atoms with Crippen LogP contribution >= 0.6 is 0 Å². The van der Waals surface area contributed by atoms with Gasteiger partial charge in [0.1, 0.15) is 6.04 Å². The predicted molar refractivity (Wildman–Crippen MR) is 94.3 cm³/mol. The normalized spacial score (nSPS) is 21.8. The number of likely N-dealkylation sites (N-methyl/N-ethyl adjacent to an activating group) is 2. The van der Waals surface area contributed by atoms with Gasteiger partial charge >= 0.3 is 0 Å². The van der Waals surface area contributed by atoms with Gasteiger partial charge in [-0.1, -0.05) is 6.07 Å². The molecule has 2 heterocycles. The van der Waals surface area contributed by atoms with E-state index in [0.717, 1.165) is 18.8 Å². The van der Waals surface area contributed by atoms with Crippen LogP contribution in [0.5, 0.6) is 0 Å². The van der Waals surface area contributed by atoms with Crippen molar-refractivity contribution in [1.29, 1.82) is 0 Å². The molecule has 6 nitrogen and oxygen atoms in total. The largest absolute Gasteiger partial charge is 0.372 e. The van der Waals surface area contributed by atoms with E-state index in [9.17, 15) is 9.59 Å². The molecule has 1 aromatic carbocycles. The highest BCUT2D eigenvalue weighted by Crippen LogP contribution is 2.22. The first-order chi connectivity index (χ1) is 11.6. The third-order valence-corrected chi connectivity index (χ3v) is 5.05. The summed E-state index contributed by atoms with van der Waals surface area (Å²) in [5, 5.41) is 2.69. The number of anilines is 1. The third-order valence-electron chi connectivity index (χ3n) is 5.05. The van der Waals surface area contributed by atoms with Crippen molar-refractivity contribution in [3.8, 4) is 0 Å². The first kappa shape index (κ1) is 16.8. The third kappa shape index (κ3) is 3.38. The molecule has 0 radical (unpaired) electrons. The van der Waals surface area contributed by atoms with Crippen molar-refractivity contribution in [1.82, 2.24) is 15.1 Å². The lowest BCUT2D eigenvalue weighted by molar-refractivity contribution is -0.127. The van der Waals surface area contributed by atoms with Crippen molar-refractivity contribution in [2.45, 2.75) is 18.9 Å². The van der Waals surface area contributed by atoms with Crippen LogP contribution in [-0.4, -0.2) is 74.5 Å². The van der Waals surface area contributed by atoms with Gasteiger partial charge in [0.2, 0.25) is 5.91 Å². The number of piperazine rings is 1. The molecular weight excluding hydrogens is 304 g/mol. The average Bonchev–Trinajstić information content (AvgIpc) is 3.16. The van der Waals surface area contributed by atoms with Crippen LogP contribution in [0.4, 0.5) is 5.69 Å². The lowest BCUT2D eigenvalue weighted by Crippen LogP contribution is -2.58. The first-order valence-electron chi connectivity index (χ1n) is 8.66. The lowest BCUT2D eigenvalue weighted by Gasteiger charge is -2.38. The van der Waals surface area contributed by atoms with Crippen LogP contribution in [0.3, 0.4) is 0 Å². The molecule has 0 bridgehead atoms. The van der Waals surface area contributed by atoms with E-state index in [1.54, 1.807) is 11.9 Å². The average molecular weight is 330 g/mol. The van der Waals surface area contributed by atoms with Crippen molar-refractivity contribution in [3.05, 3.63) is 29.8 Å². The Bertz CT molecular complexity index is 613. The maximum Gasteiger partial charge on any atom is 0.254 e. The second-order valence-electron chi connectivity index (χ2n) is 6.61. The van der Waals surface area contributed by atoms with E-state index in [4.69, 9.17) is 0 Å². The molecular formula is C18H26N4O2. The number of nitrogens with zero attached hydrogens (tertiary/aromatic N) is 3. The Balaban J connectivity index is 1.74. The Morgan fingerprint density at radius 3 is 2.58 bits per heavy atom. The van der Waals surface area contributed by atoms with Gasteiger partial charge in [0.05, 0.1) is 0 Å². The summed E-state index contributed by atoms with van der Waals surface area (Å²) in [6.45, 7) is 3.91. The van der Waals surface area contributed by atoms with E-state index in [1.165, 1.54) is 12.8 Å². The zero-order valence-corrected chi connectivity index (χ0v) is 14.5. The topological polar surface area (TPSA) is 55.9 Å². The summed E-state index contributed by atoms with van der Waals surface area (Å²) in [5.41, 5.74) is 1.83. The maximum absolute atomic E-state index is 12.9. The summed E-state index contributed by atoms with van der Waals surface area (Å²) in [6, 6.07) is 7.59. The molecule has 3 rings (SSSR count). The van der Waals surface area contributed by atoms with Crippen molar-refractivity contribution in [3.63, 3.8) is 0 Å². The maximum atomic E-state index is 12.9. The van der Waals surface area contributed by atoms with Gasteiger partial charge in [-0.2, -0.15) is 0 Å². The second-order valence-corrected chi connectivity index (χ2v) is 6.61. The van der Waals surface area contributed by atoms with Crippen LogP contribution in [0, 0.1) is 0 Å². The molecule has 0 aliphatic carbocycles. The summed E-state index contributed by atoms with van der Waals surface area (Å²) in [7, 11) is 3.56. The molecule has 2 amide bonds. The van der Waals surface area contributed by atoms with Gasteiger partial charge in [-0.25, -0.2) is 0 Å². The van der Waals surface area contributed by atoms with Gasteiger partial charge in [0.25, 0.3) is 5.91 Å². The molecule has 1 aromatic rings. The number of hydrogen-bond donors (Lipinski definition) is 1. The minimum Gasteiger partial charge on any atom is -0.372 e. The minimum atomic E-state index is -0.283. The number of carbonyl (C=O) groups is 2. The zero-order valence-electron chi connectivity index (χ0n) is 14.5. The van der Waals surface area contributed by atoms with Crippen LogP contribution in [0.25, 0.3) is 0 Å². The second kappa shape index (κ2) is 7.21. The summed E-state index contributed by atoms with van der Waals surface area (Å²) in [6.07, 6.45) is 2.43. The van der Waals surface area contributed by atoms with Crippen LogP contribution in [0.15, 0.2) is 24.3 Å². The van der Waals surface area contributed by atoms with Gasteiger partial charge in [-0.3, -0.25) is 14.5 Å². The van der Waals surface area contributed by atoms with Crippen LogP contribution in [-0.2, 0) is 4.79 Å². The Kier molecular flexibility index (Phi) is 5.04. The molecule has 130 valence electrons. The van der Waals surface area contributed by atoms with E-state index < -0.39 is 0 Å². The van der Waals surface area contributed by atoms with Gasteiger partial charge < -0.3 is 15.1 Å². The molecule has 24 heavy (non-hydrogen) atoms. The van der Waals surface area contributed by atoms with E-state index in [-0.39, 0.29) is 17.9 Å². The van der Waals surface area contributed by atoms with Crippen molar-refractivity contribution in [2.24, 2.45) is 0 Å². The first-order valence-corrected chi connectivity index (χ1v) is 8.66. The van der Waals surface area contributed by atoms with E-state index in [0.29, 0.717) is 25.2 Å². The standard InChI is InChI=1S/C18H26N4O2/c1-19-17(23)16-13-22(11-10-20(16)2)18(24)14-6-5-7-15(12-14)21-8-3-4-9-21/h5-7,12,16H,3-4,8-11,13H2,1-2H3,(H,19,23)/t16-/m1/s1. The quantitative estimate of drug-likeness (QED) is 0.890. The van der Waals surface area contributed by atoms with Gasteiger partial charge in [0.15, 0.2) is 0 Å². The molecule has 0 saturated carbocycles. The van der Waals surface area contributed by atoms with Crippen molar-refractivity contribution >= 4 is 17.5 Å². The Morgan fingerprint density at radius 2 is 1.88 bits per heavy atom. The smallest absolute Gasteiger partial charge is 0.254 e. The lowest BCUT2D eigenvalue weighted by atomic mass is 10.1. The molecule has 2 aliphatic rings. The highest BCUT2D eigenvalue weighted by molar-refractivity contribution is 5.96.